The maximum Gasteiger partial charge on any atom is 0.254 e. The summed E-state index contributed by atoms with van der Waals surface area (Å²) in [6, 6.07) is 5.29. The van der Waals surface area contributed by atoms with Crippen LogP contribution < -0.4 is 0 Å². The minimum absolute atomic E-state index is 0.0344. The first-order valence-corrected chi connectivity index (χ1v) is 6.91. The number of halogens is 2. The Balaban J connectivity index is 2.89. The monoisotopic (exact) mass is 367 g/mol. The van der Waals surface area contributed by atoms with Crippen molar-refractivity contribution in [3.63, 3.8) is 0 Å². The zero-order valence-electron chi connectivity index (χ0n) is 9.62. The van der Waals surface area contributed by atoms with E-state index in [0.29, 0.717) is 30.1 Å². The van der Waals surface area contributed by atoms with Gasteiger partial charge in [-0.3, -0.25) is 4.79 Å². The number of hydrogen-bond acceptors (Lipinski definition) is 2. The van der Waals surface area contributed by atoms with Crippen molar-refractivity contribution in [1.29, 1.82) is 0 Å². The molecule has 0 heterocycles. The van der Waals surface area contributed by atoms with Crippen LogP contribution in [-0.4, -0.2) is 35.6 Å². The van der Waals surface area contributed by atoms with Gasteiger partial charge in [0, 0.05) is 28.3 Å². The second-order valence-electron chi connectivity index (χ2n) is 3.59. The third-order valence-corrected chi connectivity index (χ3v) is 3.59. The van der Waals surface area contributed by atoms with Gasteiger partial charge in [-0.05, 0) is 54.1 Å². The van der Waals surface area contributed by atoms with Gasteiger partial charge in [0.2, 0.25) is 0 Å². The average Bonchev–Trinajstić information content (AvgIpc) is 2.33. The molecule has 0 bridgehead atoms. The molecule has 0 spiro atoms. The Labute approximate surface area is 120 Å². The molecule has 0 saturated carbocycles. The highest BCUT2D eigenvalue weighted by Crippen LogP contribution is 2.19. The van der Waals surface area contributed by atoms with Crippen LogP contribution in [0.25, 0.3) is 0 Å². The Kier molecular flexibility index (Phi) is 6.22. The van der Waals surface area contributed by atoms with E-state index in [9.17, 15) is 4.79 Å². The quantitative estimate of drug-likeness (QED) is 0.813. The van der Waals surface area contributed by atoms with Crippen molar-refractivity contribution < 1.29 is 9.90 Å². The van der Waals surface area contributed by atoms with E-state index >= 15 is 0 Å². The van der Waals surface area contributed by atoms with Gasteiger partial charge in [-0.2, -0.15) is 0 Å². The smallest absolute Gasteiger partial charge is 0.254 e. The van der Waals surface area contributed by atoms with Crippen LogP contribution in [0.3, 0.4) is 0 Å². The van der Waals surface area contributed by atoms with Gasteiger partial charge in [-0.25, -0.2) is 0 Å². The number of nitrogens with zero attached hydrogens (tertiary/aromatic N) is 1. The molecule has 1 aromatic rings. The molecule has 0 unspecified atom stereocenters. The summed E-state index contributed by atoms with van der Waals surface area (Å²) in [5, 5.41) is 9.36. The van der Waals surface area contributed by atoms with Crippen LogP contribution in [0.2, 0.25) is 5.02 Å². The molecule has 3 nitrogen and oxygen atoms in total. The molecule has 5 heteroatoms. The third kappa shape index (κ3) is 4.12. The van der Waals surface area contributed by atoms with Gasteiger partial charge >= 0.3 is 0 Å². The summed E-state index contributed by atoms with van der Waals surface area (Å²) < 4.78 is 0.888. The van der Waals surface area contributed by atoms with Gasteiger partial charge in [0.05, 0.1) is 5.56 Å². The van der Waals surface area contributed by atoms with Crippen molar-refractivity contribution in [2.45, 2.75) is 13.3 Å². The first-order chi connectivity index (χ1) is 8.10. The molecule has 17 heavy (non-hydrogen) atoms. The largest absolute Gasteiger partial charge is 0.396 e. The molecular weight excluding hydrogens is 352 g/mol. The van der Waals surface area contributed by atoms with Crippen molar-refractivity contribution in [1.82, 2.24) is 4.90 Å². The van der Waals surface area contributed by atoms with Gasteiger partial charge in [0.15, 0.2) is 0 Å². The Hall–Kier alpha value is -0.330. The van der Waals surface area contributed by atoms with Crippen LogP contribution in [-0.2, 0) is 0 Å². The predicted molar refractivity (Wildman–Crippen MR) is 77.4 cm³/mol. The lowest BCUT2D eigenvalue weighted by Gasteiger charge is -2.21. The number of aliphatic hydroxyl groups excluding tert-OH is 1. The number of hydrogen-bond donors (Lipinski definition) is 1. The molecule has 0 radical (unpaired) electrons. The molecule has 0 aromatic heterocycles. The fourth-order valence-electron chi connectivity index (χ4n) is 1.50. The number of amides is 1. The minimum atomic E-state index is -0.0344. The lowest BCUT2D eigenvalue weighted by molar-refractivity contribution is 0.0753. The highest BCUT2D eigenvalue weighted by molar-refractivity contribution is 14.1. The summed E-state index contributed by atoms with van der Waals surface area (Å²) in [6.07, 6.45) is 0.594. The highest BCUT2D eigenvalue weighted by Gasteiger charge is 2.16. The van der Waals surface area contributed by atoms with E-state index in [0.717, 1.165) is 3.57 Å². The van der Waals surface area contributed by atoms with Gasteiger partial charge in [0.25, 0.3) is 5.91 Å². The molecule has 0 aliphatic heterocycles. The lowest BCUT2D eigenvalue weighted by Crippen LogP contribution is -2.32. The standard InChI is InChI=1S/C12H15ClINO2/c1-2-15(6-3-7-16)12(17)10-8-9(13)4-5-11(10)14/h4-5,8,16H,2-3,6-7H2,1H3. The topological polar surface area (TPSA) is 40.5 Å². The second-order valence-corrected chi connectivity index (χ2v) is 5.18. The fraction of sp³-hybridized carbons (Fsp3) is 0.417. The third-order valence-electron chi connectivity index (χ3n) is 2.41. The predicted octanol–water partition coefficient (Wildman–Crippen LogP) is 2.79. The molecule has 0 aliphatic carbocycles. The van der Waals surface area contributed by atoms with Crippen LogP contribution in [0.4, 0.5) is 0 Å². The van der Waals surface area contributed by atoms with Crippen LogP contribution >= 0.6 is 34.2 Å². The Bertz CT molecular complexity index is 398. The number of benzene rings is 1. The molecular formula is C12H15ClINO2. The molecule has 1 amide bonds. The first kappa shape index (κ1) is 14.7. The van der Waals surface area contributed by atoms with E-state index in [1.54, 1.807) is 17.0 Å². The Morgan fingerprint density at radius 3 is 2.82 bits per heavy atom. The average molecular weight is 368 g/mol. The second kappa shape index (κ2) is 7.18. The van der Waals surface area contributed by atoms with Crippen molar-refractivity contribution in [3.8, 4) is 0 Å². The van der Waals surface area contributed by atoms with Crippen molar-refractivity contribution in [2.24, 2.45) is 0 Å². The summed E-state index contributed by atoms with van der Waals surface area (Å²) in [4.78, 5) is 13.9. The number of carbonyl (C=O) groups excluding carboxylic acids is 1. The van der Waals surface area contributed by atoms with Crippen LogP contribution in [0.15, 0.2) is 18.2 Å². The molecule has 1 aromatic carbocycles. The van der Waals surface area contributed by atoms with E-state index in [2.05, 4.69) is 22.6 Å². The van der Waals surface area contributed by atoms with Gasteiger partial charge < -0.3 is 10.0 Å². The van der Waals surface area contributed by atoms with Gasteiger partial charge in [-0.1, -0.05) is 11.6 Å². The number of rotatable bonds is 5. The summed E-state index contributed by atoms with van der Waals surface area (Å²) in [5.41, 5.74) is 0.623. The fourth-order valence-corrected chi connectivity index (χ4v) is 2.23. The molecule has 0 fully saturated rings. The number of aliphatic hydroxyl groups is 1. The first-order valence-electron chi connectivity index (χ1n) is 5.45. The van der Waals surface area contributed by atoms with E-state index in [1.807, 2.05) is 13.0 Å². The SMILES string of the molecule is CCN(CCCO)C(=O)c1cc(Cl)ccc1I. The zero-order chi connectivity index (χ0) is 12.8. The Morgan fingerprint density at radius 1 is 1.53 bits per heavy atom. The van der Waals surface area contributed by atoms with E-state index in [1.165, 1.54) is 0 Å². The normalized spacial score (nSPS) is 10.4. The van der Waals surface area contributed by atoms with Crippen molar-refractivity contribution >= 4 is 40.1 Å². The summed E-state index contributed by atoms with van der Waals surface area (Å²) in [5.74, 6) is -0.0344. The minimum Gasteiger partial charge on any atom is -0.396 e. The molecule has 1 rings (SSSR count). The van der Waals surface area contributed by atoms with Gasteiger partial charge in [0.1, 0.15) is 0 Å². The zero-order valence-corrected chi connectivity index (χ0v) is 12.5. The van der Waals surface area contributed by atoms with Crippen LogP contribution in [0.5, 0.6) is 0 Å². The molecule has 94 valence electrons. The van der Waals surface area contributed by atoms with Crippen LogP contribution in [0, 0.1) is 3.57 Å². The Morgan fingerprint density at radius 2 is 2.24 bits per heavy atom. The maximum absolute atomic E-state index is 12.2. The van der Waals surface area contributed by atoms with Crippen LogP contribution in [0.1, 0.15) is 23.7 Å². The molecule has 0 saturated heterocycles. The molecule has 1 N–H and O–H groups in total. The van der Waals surface area contributed by atoms with Gasteiger partial charge in [-0.15, -0.1) is 0 Å². The number of carbonyl (C=O) groups is 1. The van der Waals surface area contributed by atoms with E-state index in [4.69, 9.17) is 16.7 Å². The molecule has 0 aliphatic rings. The summed E-state index contributed by atoms with van der Waals surface area (Å²) in [7, 11) is 0. The maximum atomic E-state index is 12.2. The van der Waals surface area contributed by atoms with Crippen molar-refractivity contribution in [3.05, 3.63) is 32.4 Å². The van der Waals surface area contributed by atoms with E-state index in [-0.39, 0.29) is 12.5 Å². The molecule has 0 atom stereocenters. The summed E-state index contributed by atoms with van der Waals surface area (Å²) in [6.45, 7) is 3.21. The van der Waals surface area contributed by atoms with E-state index < -0.39 is 0 Å². The summed E-state index contributed by atoms with van der Waals surface area (Å²) >= 11 is 8.02. The highest BCUT2D eigenvalue weighted by atomic mass is 127. The lowest BCUT2D eigenvalue weighted by atomic mass is 10.2. The van der Waals surface area contributed by atoms with Crippen molar-refractivity contribution in [2.75, 3.05) is 19.7 Å².